The third-order valence-corrected chi connectivity index (χ3v) is 5.41. The number of rotatable bonds is 6. The summed E-state index contributed by atoms with van der Waals surface area (Å²) in [7, 11) is 1.67. The summed E-state index contributed by atoms with van der Waals surface area (Å²) in [5.74, 6) is -0.275. The van der Waals surface area contributed by atoms with E-state index in [4.69, 9.17) is 14.2 Å². The standard InChI is InChI=1S/C20H29FN2O4/c1-25-12-13-26-18-6-11-27-20(14-18)7-9-23(10-8-20)19(24)22-15-16-2-4-17(21)5-3-16/h2-5,18H,6-15H2,1H3,(H,22,24). The van der Waals surface area contributed by atoms with Gasteiger partial charge in [0.15, 0.2) is 0 Å². The van der Waals surface area contributed by atoms with E-state index in [9.17, 15) is 9.18 Å². The molecule has 1 unspecified atom stereocenters. The minimum absolute atomic E-state index is 0.0853. The fraction of sp³-hybridized carbons (Fsp3) is 0.650. The number of piperidine rings is 1. The second kappa shape index (κ2) is 9.48. The van der Waals surface area contributed by atoms with Crippen LogP contribution >= 0.6 is 0 Å². The number of urea groups is 1. The van der Waals surface area contributed by atoms with Gasteiger partial charge in [-0.15, -0.1) is 0 Å². The van der Waals surface area contributed by atoms with Gasteiger partial charge in [-0.1, -0.05) is 12.1 Å². The fourth-order valence-electron chi connectivity index (χ4n) is 3.78. The minimum Gasteiger partial charge on any atom is -0.382 e. The number of nitrogens with one attached hydrogen (secondary N) is 1. The summed E-state index contributed by atoms with van der Waals surface area (Å²) in [5, 5.41) is 2.91. The molecule has 0 radical (unpaired) electrons. The average molecular weight is 380 g/mol. The SMILES string of the molecule is COCCOC1CCOC2(CCN(C(=O)NCc3ccc(F)cc3)CC2)C1. The van der Waals surface area contributed by atoms with Crippen LogP contribution in [0.4, 0.5) is 9.18 Å². The smallest absolute Gasteiger partial charge is 0.317 e. The number of hydrogen-bond donors (Lipinski definition) is 1. The van der Waals surface area contributed by atoms with E-state index in [1.54, 1.807) is 19.2 Å². The lowest BCUT2D eigenvalue weighted by Crippen LogP contribution is -2.53. The average Bonchev–Trinajstić information content (AvgIpc) is 2.68. The Bertz CT molecular complexity index is 603. The Morgan fingerprint density at radius 3 is 2.74 bits per heavy atom. The summed E-state index contributed by atoms with van der Waals surface area (Å²) in [6.07, 6.45) is 3.63. The summed E-state index contributed by atoms with van der Waals surface area (Å²) < 4.78 is 30.0. The molecule has 2 amide bonds. The largest absolute Gasteiger partial charge is 0.382 e. The quantitative estimate of drug-likeness (QED) is 0.771. The molecule has 27 heavy (non-hydrogen) atoms. The van der Waals surface area contributed by atoms with Crippen molar-refractivity contribution in [2.75, 3.05) is 40.0 Å². The van der Waals surface area contributed by atoms with Gasteiger partial charge in [-0.25, -0.2) is 9.18 Å². The molecule has 150 valence electrons. The van der Waals surface area contributed by atoms with Crippen LogP contribution in [0.5, 0.6) is 0 Å². The van der Waals surface area contributed by atoms with E-state index in [0.29, 0.717) is 39.5 Å². The van der Waals surface area contributed by atoms with Crippen LogP contribution in [0.15, 0.2) is 24.3 Å². The van der Waals surface area contributed by atoms with Gasteiger partial charge >= 0.3 is 6.03 Å². The van der Waals surface area contributed by atoms with Gasteiger partial charge in [-0.2, -0.15) is 0 Å². The van der Waals surface area contributed by atoms with E-state index >= 15 is 0 Å². The van der Waals surface area contributed by atoms with Crippen LogP contribution in [-0.4, -0.2) is 62.7 Å². The molecular formula is C20H29FN2O4. The Morgan fingerprint density at radius 1 is 1.30 bits per heavy atom. The first-order valence-electron chi connectivity index (χ1n) is 9.62. The Morgan fingerprint density at radius 2 is 2.04 bits per heavy atom. The lowest BCUT2D eigenvalue weighted by atomic mass is 9.83. The van der Waals surface area contributed by atoms with Gasteiger partial charge in [-0.05, 0) is 37.0 Å². The topological polar surface area (TPSA) is 60.0 Å². The summed E-state index contributed by atoms with van der Waals surface area (Å²) in [6, 6.07) is 6.08. The predicted molar refractivity (Wildman–Crippen MR) is 99.0 cm³/mol. The normalized spacial score (nSPS) is 22.0. The van der Waals surface area contributed by atoms with Crippen molar-refractivity contribution in [2.45, 2.75) is 43.9 Å². The van der Waals surface area contributed by atoms with Crippen molar-refractivity contribution in [1.29, 1.82) is 0 Å². The highest BCUT2D eigenvalue weighted by atomic mass is 19.1. The molecular weight excluding hydrogens is 351 g/mol. The minimum atomic E-state index is -0.275. The number of ether oxygens (including phenoxy) is 3. The second-order valence-corrected chi connectivity index (χ2v) is 7.28. The zero-order valence-corrected chi connectivity index (χ0v) is 15.9. The van der Waals surface area contributed by atoms with Gasteiger partial charge in [0.2, 0.25) is 0 Å². The summed E-state index contributed by atoms with van der Waals surface area (Å²) in [4.78, 5) is 14.2. The van der Waals surface area contributed by atoms with Crippen LogP contribution in [0.3, 0.4) is 0 Å². The first kappa shape index (κ1) is 20.0. The number of carbonyl (C=O) groups excluding carboxylic acids is 1. The van der Waals surface area contributed by atoms with E-state index in [-0.39, 0.29) is 23.6 Å². The number of amides is 2. The van der Waals surface area contributed by atoms with Crippen molar-refractivity contribution >= 4 is 6.03 Å². The lowest BCUT2D eigenvalue weighted by Gasteiger charge is -2.46. The Labute approximate surface area is 160 Å². The monoisotopic (exact) mass is 380 g/mol. The predicted octanol–water partition coefficient (Wildman–Crippen LogP) is 2.71. The lowest BCUT2D eigenvalue weighted by molar-refractivity contribution is -0.154. The van der Waals surface area contributed by atoms with Crippen LogP contribution in [0.2, 0.25) is 0 Å². The number of hydrogen-bond acceptors (Lipinski definition) is 4. The number of halogens is 1. The van der Waals surface area contributed by atoms with Crippen molar-refractivity contribution in [3.63, 3.8) is 0 Å². The molecule has 1 aromatic rings. The van der Waals surface area contributed by atoms with Gasteiger partial charge < -0.3 is 24.4 Å². The van der Waals surface area contributed by atoms with Crippen LogP contribution in [0, 0.1) is 5.82 Å². The summed E-state index contributed by atoms with van der Waals surface area (Å²) >= 11 is 0. The number of benzene rings is 1. The van der Waals surface area contributed by atoms with Gasteiger partial charge in [0.1, 0.15) is 5.82 Å². The zero-order chi connectivity index (χ0) is 19.1. The van der Waals surface area contributed by atoms with Crippen LogP contribution in [-0.2, 0) is 20.8 Å². The zero-order valence-electron chi connectivity index (χ0n) is 15.9. The first-order chi connectivity index (χ1) is 13.1. The summed E-state index contributed by atoms with van der Waals surface area (Å²) in [6.45, 7) is 3.64. The van der Waals surface area contributed by atoms with Crippen LogP contribution < -0.4 is 5.32 Å². The molecule has 2 aliphatic rings. The molecule has 3 rings (SSSR count). The van der Waals surface area contributed by atoms with Gasteiger partial charge in [0.05, 0.1) is 24.9 Å². The molecule has 1 atom stereocenters. The summed E-state index contributed by atoms with van der Waals surface area (Å²) in [5.41, 5.74) is 0.703. The highest BCUT2D eigenvalue weighted by Crippen LogP contribution is 2.36. The molecule has 7 heteroatoms. The molecule has 2 fully saturated rings. The maximum Gasteiger partial charge on any atom is 0.317 e. The Kier molecular flexibility index (Phi) is 7.04. The third-order valence-electron chi connectivity index (χ3n) is 5.41. The maximum absolute atomic E-state index is 12.9. The molecule has 1 aromatic carbocycles. The van der Waals surface area contributed by atoms with Crippen molar-refractivity contribution < 1.29 is 23.4 Å². The van der Waals surface area contributed by atoms with Crippen molar-refractivity contribution in [1.82, 2.24) is 10.2 Å². The number of methoxy groups -OCH3 is 1. The molecule has 0 aromatic heterocycles. The van der Waals surface area contributed by atoms with Crippen molar-refractivity contribution in [3.8, 4) is 0 Å². The van der Waals surface area contributed by atoms with Crippen molar-refractivity contribution in [3.05, 3.63) is 35.6 Å². The van der Waals surface area contributed by atoms with Gasteiger partial charge in [-0.3, -0.25) is 0 Å². The molecule has 6 nitrogen and oxygen atoms in total. The second-order valence-electron chi connectivity index (χ2n) is 7.28. The molecule has 2 aliphatic heterocycles. The maximum atomic E-state index is 12.9. The molecule has 2 heterocycles. The van der Waals surface area contributed by atoms with Crippen molar-refractivity contribution in [2.24, 2.45) is 0 Å². The van der Waals surface area contributed by atoms with Crippen LogP contribution in [0.1, 0.15) is 31.2 Å². The Balaban J connectivity index is 1.43. The highest BCUT2D eigenvalue weighted by Gasteiger charge is 2.41. The van der Waals surface area contributed by atoms with E-state index < -0.39 is 0 Å². The molecule has 0 aliphatic carbocycles. The van der Waals surface area contributed by atoms with Gasteiger partial charge in [0, 0.05) is 39.8 Å². The van der Waals surface area contributed by atoms with E-state index in [0.717, 1.165) is 31.2 Å². The molecule has 0 bridgehead atoms. The van der Waals surface area contributed by atoms with Gasteiger partial charge in [0.25, 0.3) is 0 Å². The number of likely N-dealkylation sites (tertiary alicyclic amines) is 1. The Hall–Kier alpha value is -1.70. The number of nitrogens with zero attached hydrogens (tertiary/aromatic N) is 1. The fourth-order valence-corrected chi connectivity index (χ4v) is 3.78. The van der Waals surface area contributed by atoms with E-state index in [2.05, 4.69) is 5.32 Å². The van der Waals surface area contributed by atoms with Crippen LogP contribution in [0.25, 0.3) is 0 Å². The molecule has 1 N–H and O–H groups in total. The molecule has 0 saturated carbocycles. The number of carbonyl (C=O) groups is 1. The first-order valence-corrected chi connectivity index (χ1v) is 9.62. The molecule has 1 spiro atoms. The van der Waals surface area contributed by atoms with E-state index in [1.165, 1.54) is 12.1 Å². The third kappa shape index (κ3) is 5.64. The highest BCUT2D eigenvalue weighted by molar-refractivity contribution is 5.74. The van der Waals surface area contributed by atoms with E-state index in [1.807, 2.05) is 4.90 Å². The molecule has 2 saturated heterocycles.